The summed E-state index contributed by atoms with van der Waals surface area (Å²) in [5.74, 6) is 0. The smallest absolute Gasteiger partial charge is 0.215 e. The molecule has 3 N–H and O–H groups in total. The van der Waals surface area contributed by atoms with Gasteiger partial charge in [-0.3, -0.25) is 0 Å². The zero-order valence-corrected chi connectivity index (χ0v) is 10.6. The summed E-state index contributed by atoms with van der Waals surface area (Å²) in [4.78, 5) is 0. The van der Waals surface area contributed by atoms with E-state index in [4.69, 9.17) is 10.5 Å². The highest BCUT2D eigenvalue weighted by atomic mass is 32.2. The molecule has 1 aliphatic rings. The van der Waals surface area contributed by atoms with Gasteiger partial charge in [0, 0.05) is 19.7 Å². The third kappa shape index (κ3) is 4.01. The molecular weight excluding hydrogens is 228 g/mol. The van der Waals surface area contributed by atoms with Gasteiger partial charge in [-0.1, -0.05) is 6.92 Å². The first-order chi connectivity index (χ1) is 7.60. The van der Waals surface area contributed by atoms with E-state index < -0.39 is 15.3 Å². The van der Waals surface area contributed by atoms with Crippen LogP contribution >= 0.6 is 0 Å². The van der Waals surface area contributed by atoms with Gasteiger partial charge >= 0.3 is 0 Å². The van der Waals surface area contributed by atoms with Crippen LogP contribution in [0.2, 0.25) is 0 Å². The van der Waals surface area contributed by atoms with Gasteiger partial charge in [0.05, 0.1) is 11.4 Å². The van der Waals surface area contributed by atoms with E-state index in [0.29, 0.717) is 13.0 Å². The van der Waals surface area contributed by atoms with Crippen molar-refractivity contribution in [3.63, 3.8) is 0 Å². The minimum absolute atomic E-state index is 0.172. The Morgan fingerprint density at radius 3 is 2.81 bits per heavy atom. The first kappa shape index (κ1) is 13.9. The van der Waals surface area contributed by atoms with Gasteiger partial charge in [-0.05, 0) is 25.7 Å². The van der Waals surface area contributed by atoms with Crippen molar-refractivity contribution >= 4 is 10.0 Å². The van der Waals surface area contributed by atoms with Crippen LogP contribution in [0.3, 0.4) is 0 Å². The molecule has 2 atom stereocenters. The van der Waals surface area contributed by atoms with Gasteiger partial charge in [0.1, 0.15) is 0 Å². The third-order valence-electron chi connectivity index (χ3n) is 2.95. The van der Waals surface area contributed by atoms with Gasteiger partial charge in [0.25, 0.3) is 0 Å². The van der Waals surface area contributed by atoms with E-state index in [1.54, 1.807) is 0 Å². The largest absolute Gasteiger partial charge is 0.378 e. The van der Waals surface area contributed by atoms with E-state index in [-0.39, 0.29) is 12.6 Å². The van der Waals surface area contributed by atoms with Crippen molar-refractivity contribution in [1.82, 2.24) is 4.72 Å². The molecule has 0 amide bonds. The van der Waals surface area contributed by atoms with Crippen LogP contribution in [0.5, 0.6) is 0 Å². The van der Waals surface area contributed by atoms with Crippen molar-refractivity contribution in [2.24, 2.45) is 5.73 Å². The highest BCUT2D eigenvalue weighted by molar-refractivity contribution is 7.90. The summed E-state index contributed by atoms with van der Waals surface area (Å²) in [5.41, 5.74) is 5.42. The van der Waals surface area contributed by atoms with Gasteiger partial charge in [-0.2, -0.15) is 0 Å². The number of nitrogens with two attached hydrogens (primary N) is 1. The topological polar surface area (TPSA) is 81.4 Å². The van der Waals surface area contributed by atoms with Crippen molar-refractivity contribution in [3.8, 4) is 0 Å². The fraction of sp³-hybridized carbons (Fsp3) is 1.00. The minimum atomic E-state index is -3.24. The second-order valence-corrected chi connectivity index (χ2v) is 6.17. The zero-order chi connectivity index (χ0) is 12.0. The molecule has 0 aliphatic carbocycles. The number of nitrogens with one attached hydrogen (secondary N) is 1. The molecule has 16 heavy (non-hydrogen) atoms. The summed E-state index contributed by atoms with van der Waals surface area (Å²) in [7, 11) is -3.24. The molecule has 1 fully saturated rings. The normalized spacial score (nSPS) is 23.5. The number of rotatable bonds is 7. The maximum absolute atomic E-state index is 11.7. The van der Waals surface area contributed by atoms with Crippen molar-refractivity contribution < 1.29 is 13.2 Å². The second kappa shape index (κ2) is 6.54. The van der Waals surface area contributed by atoms with E-state index in [0.717, 1.165) is 25.9 Å². The quantitative estimate of drug-likeness (QED) is 0.677. The van der Waals surface area contributed by atoms with Crippen LogP contribution in [0.25, 0.3) is 0 Å². The van der Waals surface area contributed by atoms with Gasteiger partial charge < -0.3 is 10.5 Å². The van der Waals surface area contributed by atoms with Gasteiger partial charge in [-0.15, -0.1) is 0 Å². The van der Waals surface area contributed by atoms with Crippen molar-refractivity contribution in [2.45, 2.75) is 44.0 Å². The van der Waals surface area contributed by atoms with Gasteiger partial charge in [-0.25, -0.2) is 13.1 Å². The van der Waals surface area contributed by atoms with Crippen LogP contribution < -0.4 is 10.5 Å². The number of hydrogen-bond donors (Lipinski definition) is 2. The van der Waals surface area contributed by atoms with E-state index in [1.165, 1.54) is 0 Å². The number of sulfonamides is 1. The Kier molecular flexibility index (Phi) is 5.68. The average molecular weight is 250 g/mol. The van der Waals surface area contributed by atoms with Gasteiger partial charge in [0.2, 0.25) is 10.0 Å². The first-order valence-electron chi connectivity index (χ1n) is 5.90. The van der Waals surface area contributed by atoms with Crippen LogP contribution in [0.15, 0.2) is 0 Å². The third-order valence-corrected chi connectivity index (χ3v) is 4.96. The molecule has 0 bridgehead atoms. The van der Waals surface area contributed by atoms with Crippen LogP contribution in [0, 0.1) is 0 Å². The molecule has 5 nitrogen and oxygen atoms in total. The zero-order valence-electron chi connectivity index (χ0n) is 9.81. The Balaban J connectivity index is 2.29. The molecule has 2 unspecified atom stereocenters. The van der Waals surface area contributed by atoms with E-state index >= 15 is 0 Å². The predicted octanol–water partition coefficient (Wildman–Crippen LogP) is 0.212. The fourth-order valence-corrected chi connectivity index (χ4v) is 3.20. The maximum atomic E-state index is 11.7. The standard InChI is InChI=1S/C10H22N2O3S/c1-2-10(8-11)16(13,14)12-6-5-9-4-3-7-15-9/h9-10,12H,2-8,11H2,1H3. The van der Waals surface area contributed by atoms with Crippen LogP contribution in [-0.4, -0.2) is 39.5 Å². The molecule has 0 spiro atoms. The lowest BCUT2D eigenvalue weighted by molar-refractivity contribution is 0.105. The molecule has 0 aromatic carbocycles. The van der Waals surface area contributed by atoms with Crippen molar-refractivity contribution in [2.75, 3.05) is 19.7 Å². The molecule has 1 aliphatic heterocycles. The SMILES string of the molecule is CCC(CN)S(=O)(=O)NCCC1CCCO1. The van der Waals surface area contributed by atoms with E-state index in [9.17, 15) is 8.42 Å². The summed E-state index contributed by atoms with van der Waals surface area (Å²) in [6.45, 7) is 3.25. The highest BCUT2D eigenvalue weighted by Crippen LogP contribution is 2.14. The molecule has 1 heterocycles. The molecule has 96 valence electrons. The van der Waals surface area contributed by atoms with Crippen LogP contribution in [-0.2, 0) is 14.8 Å². The lowest BCUT2D eigenvalue weighted by Crippen LogP contribution is -2.39. The fourth-order valence-electron chi connectivity index (χ4n) is 1.86. The summed E-state index contributed by atoms with van der Waals surface area (Å²) >= 11 is 0. The molecule has 0 saturated carbocycles. The molecular formula is C10H22N2O3S. The Morgan fingerprint density at radius 1 is 1.56 bits per heavy atom. The Hall–Kier alpha value is -0.170. The van der Waals surface area contributed by atoms with Crippen LogP contribution in [0.4, 0.5) is 0 Å². The predicted molar refractivity (Wildman–Crippen MR) is 63.6 cm³/mol. The number of hydrogen-bond acceptors (Lipinski definition) is 4. The van der Waals surface area contributed by atoms with Crippen LogP contribution in [0.1, 0.15) is 32.6 Å². The van der Waals surface area contributed by atoms with Crippen molar-refractivity contribution in [1.29, 1.82) is 0 Å². The Labute approximate surface area is 97.8 Å². The average Bonchev–Trinajstić information content (AvgIpc) is 2.71. The monoisotopic (exact) mass is 250 g/mol. The lowest BCUT2D eigenvalue weighted by Gasteiger charge is -2.15. The Morgan fingerprint density at radius 2 is 2.31 bits per heavy atom. The molecule has 1 saturated heterocycles. The number of ether oxygens (including phenoxy) is 1. The molecule has 0 radical (unpaired) electrons. The summed E-state index contributed by atoms with van der Waals surface area (Å²) < 4.78 is 31.5. The molecule has 0 aromatic rings. The van der Waals surface area contributed by atoms with E-state index in [1.807, 2.05) is 6.92 Å². The maximum Gasteiger partial charge on any atom is 0.215 e. The summed E-state index contributed by atoms with van der Waals surface area (Å²) in [6.07, 6.45) is 3.64. The lowest BCUT2D eigenvalue weighted by atomic mass is 10.2. The first-order valence-corrected chi connectivity index (χ1v) is 7.45. The van der Waals surface area contributed by atoms with Gasteiger partial charge in [0.15, 0.2) is 0 Å². The highest BCUT2D eigenvalue weighted by Gasteiger charge is 2.22. The van der Waals surface area contributed by atoms with E-state index in [2.05, 4.69) is 4.72 Å². The molecule has 6 heteroatoms. The molecule has 1 rings (SSSR count). The second-order valence-electron chi connectivity index (χ2n) is 4.13. The summed E-state index contributed by atoms with van der Waals surface area (Å²) in [5, 5.41) is -0.475. The van der Waals surface area contributed by atoms with Crippen molar-refractivity contribution in [3.05, 3.63) is 0 Å². The molecule has 0 aromatic heterocycles. The Bertz CT molecular complexity index is 282. The summed E-state index contributed by atoms with van der Waals surface area (Å²) in [6, 6.07) is 0. The minimum Gasteiger partial charge on any atom is -0.378 e.